The third kappa shape index (κ3) is 2.96. The fraction of sp³-hybridized carbons (Fsp3) is 0.167. The van der Waals surface area contributed by atoms with Gasteiger partial charge in [-0.2, -0.15) is 0 Å². The molecular weight excluding hydrogens is 404 g/mol. The smallest absolute Gasteiger partial charge is 0.141 e. The lowest BCUT2D eigenvalue weighted by atomic mass is 10.1. The fourth-order valence-electron chi connectivity index (χ4n) is 1.67. The second kappa shape index (κ2) is 6.01. The van der Waals surface area contributed by atoms with Crippen LogP contribution in [-0.2, 0) is 0 Å². The Labute approximate surface area is 131 Å². The lowest BCUT2D eigenvalue weighted by Crippen LogP contribution is -2.16. The molecule has 1 nitrogen and oxygen atoms in total. The average molecular weight is 414 g/mol. The van der Waals surface area contributed by atoms with Crippen LogP contribution in [0, 0.1) is 5.82 Å². The Hall–Kier alpha value is 0.0600. The van der Waals surface area contributed by atoms with E-state index >= 15 is 0 Å². The van der Waals surface area contributed by atoms with Crippen molar-refractivity contribution < 1.29 is 4.39 Å². The van der Waals surface area contributed by atoms with Crippen molar-refractivity contribution in [3.05, 3.63) is 53.8 Å². The van der Waals surface area contributed by atoms with Crippen molar-refractivity contribution in [1.29, 1.82) is 0 Å². The first-order valence-corrected chi connectivity index (χ1v) is 7.88. The minimum atomic E-state index is -0.399. The van der Waals surface area contributed by atoms with Gasteiger partial charge in [-0.15, -0.1) is 11.3 Å². The highest BCUT2D eigenvalue weighted by Crippen LogP contribution is 2.38. The van der Waals surface area contributed by atoms with Crippen LogP contribution in [0.4, 0.5) is 4.39 Å². The molecule has 0 saturated heterocycles. The van der Waals surface area contributed by atoms with Gasteiger partial charge in [0.15, 0.2) is 0 Å². The zero-order valence-electron chi connectivity index (χ0n) is 9.31. The molecule has 0 aliphatic heterocycles. The molecule has 0 aliphatic carbocycles. The first-order valence-electron chi connectivity index (χ1n) is 5.10. The molecule has 1 aromatic carbocycles. The van der Waals surface area contributed by atoms with Gasteiger partial charge in [0.2, 0.25) is 0 Å². The summed E-state index contributed by atoms with van der Waals surface area (Å²) in [7, 11) is 1.86. The van der Waals surface area contributed by atoms with Crippen LogP contribution in [0.2, 0.25) is 5.02 Å². The van der Waals surface area contributed by atoms with Crippen LogP contribution >= 0.6 is 54.8 Å². The van der Waals surface area contributed by atoms with E-state index in [1.807, 2.05) is 13.1 Å². The highest BCUT2D eigenvalue weighted by Gasteiger charge is 2.17. The molecule has 2 aromatic rings. The molecule has 0 fully saturated rings. The molecule has 0 aliphatic rings. The predicted octanol–water partition coefficient (Wildman–Crippen LogP) is 5.37. The zero-order chi connectivity index (χ0) is 13.3. The molecule has 1 heterocycles. The van der Waals surface area contributed by atoms with Gasteiger partial charge in [0.05, 0.1) is 14.9 Å². The normalized spacial score (nSPS) is 12.7. The maximum Gasteiger partial charge on any atom is 0.141 e. The van der Waals surface area contributed by atoms with E-state index in [1.54, 1.807) is 23.5 Å². The van der Waals surface area contributed by atoms with Crippen LogP contribution in [0.1, 0.15) is 16.5 Å². The van der Waals surface area contributed by atoms with Gasteiger partial charge in [-0.25, -0.2) is 4.39 Å². The van der Waals surface area contributed by atoms with Crippen LogP contribution in [0.5, 0.6) is 0 Å². The van der Waals surface area contributed by atoms with Gasteiger partial charge in [0, 0.05) is 9.35 Å². The molecule has 1 N–H and O–H groups in total. The maximum absolute atomic E-state index is 13.2. The van der Waals surface area contributed by atoms with Gasteiger partial charge in [0.25, 0.3) is 0 Å². The highest BCUT2D eigenvalue weighted by atomic mass is 79.9. The Morgan fingerprint density at radius 2 is 2.06 bits per heavy atom. The third-order valence-corrected chi connectivity index (χ3v) is 6.13. The quantitative estimate of drug-likeness (QED) is 0.713. The molecule has 0 amide bonds. The number of nitrogens with one attached hydrogen (secondary N) is 1. The first-order chi connectivity index (χ1) is 8.52. The van der Waals surface area contributed by atoms with E-state index < -0.39 is 5.82 Å². The van der Waals surface area contributed by atoms with Crippen molar-refractivity contribution in [3.63, 3.8) is 0 Å². The summed E-state index contributed by atoms with van der Waals surface area (Å²) in [6, 6.07) is 6.81. The fourth-order valence-corrected chi connectivity index (χ4v) is 4.09. The van der Waals surface area contributed by atoms with Crippen LogP contribution in [-0.4, -0.2) is 7.05 Å². The monoisotopic (exact) mass is 411 g/mol. The molecule has 96 valence electrons. The maximum atomic E-state index is 13.2. The third-order valence-electron chi connectivity index (χ3n) is 2.51. The number of hydrogen-bond acceptors (Lipinski definition) is 2. The molecule has 1 unspecified atom stereocenters. The molecule has 0 bridgehead atoms. The van der Waals surface area contributed by atoms with Crippen LogP contribution in [0.3, 0.4) is 0 Å². The average Bonchev–Trinajstić information content (AvgIpc) is 2.65. The van der Waals surface area contributed by atoms with E-state index in [2.05, 4.69) is 37.2 Å². The Kier molecular flexibility index (Phi) is 4.83. The van der Waals surface area contributed by atoms with Crippen molar-refractivity contribution in [2.24, 2.45) is 0 Å². The number of halogens is 4. The van der Waals surface area contributed by atoms with E-state index in [4.69, 9.17) is 11.6 Å². The van der Waals surface area contributed by atoms with Gasteiger partial charge >= 0.3 is 0 Å². The number of hydrogen-bond donors (Lipinski definition) is 1. The largest absolute Gasteiger partial charge is 0.309 e. The Balaban J connectivity index is 2.41. The van der Waals surface area contributed by atoms with E-state index in [-0.39, 0.29) is 11.1 Å². The summed E-state index contributed by atoms with van der Waals surface area (Å²) in [5.74, 6) is -0.399. The van der Waals surface area contributed by atoms with Crippen molar-refractivity contribution in [2.45, 2.75) is 6.04 Å². The minimum absolute atomic E-state index is 0.00398. The summed E-state index contributed by atoms with van der Waals surface area (Å²) in [6.07, 6.45) is 0. The second-order valence-corrected chi connectivity index (χ2v) is 7.33. The standard InChI is InChI=1S/C12H9Br2ClFNS/c1-17-11(10-5-7(13)12(14)18-10)6-2-3-9(16)8(15)4-6/h2-5,11,17H,1H3. The molecule has 2 rings (SSSR count). The van der Waals surface area contributed by atoms with Crippen molar-refractivity contribution in [3.8, 4) is 0 Å². The summed E-state index contributed by atoms with van der Waals surface area (Å²) >= 11 is 14.4. The van der Waals surface area contributed by atoms with Crippen LogP contribution in [0.15, 0.2) is 32.5 Å². The summed E-state index contributed by atoms with van der Waals surface area (Å²) < 4.78 is 15.2. The van der Waals surface area contributed by atoms with E-state index in [9.17, 15) is 4.39 Å². The summed E-state index contributed by atoms with van der Waals surface area (Å²) in [6.45, 7) is 0. The molecule has 0 spiro atoms. The lowest BCUT2D eigenvalue weighted by Gasteiger charge is -2.15. The van der Waals surface area contributed by atoms with E-state index in [0.717, 1.165) is 18.7 Å². The number of thiophene rings is 1. The van der Waals surface area contributed by atoms with Gasteiger partial charge in [-0.3, -0.25) is 0 Å². The molecular formula is C12H9Br2ClFNS. The molecule has 18 heavy (non-hydrogen) atoms. The molecule has 0 radical (unpaired) electrons. The predicted molar refractivity (Wildman–Crippen MR) is 82.0 cm³/mol. The van der Waals surface area contributed by atoms with Gasteiger partial charge in [-0.05, 0) is 62.7 Å². The van der Waals surface area contributed by atoms with Crippen molar-refractivity contribution in [2.75, 3.05) is 7.05 Å². The summed E-state index contributed by atoms with van der Waals surface area (Å²) in [5, 5.41) is 3.35. The summed E-state index contributed by atoms with van der Waals surface area (Å²) in [5.41, 5.74) is 0.935. The molecule has 1 aromatic heterocycles. The van der Waals surface area contributed by atoms with Gasteiger partial charge in [-0.1, -0.05) is 17.7 Å². The van der Waals surface area contributed by atoms with Gasteiger partial charge < -0.3 is 5.32 Å². The zero-order valence-corrected chi connectivity index (χ0v) is 14.1. The SMILES string of the molecule is CNC(c1ccc(F)c(Cl)c1)c1cc(Br)c(Br)s1. The molecule has 0 saturated carbocycles. The highest BCUT2D eigenvalue weighted by molar-refractivity contribution is 9.13. The minimum Gasteiger partial charge on any atom is -0.309 e. The second-order valence-electron chi connectivity index (χ2n) is 3.67. The molecule has 6 heteroatoms. The Morgan fingerprint density at radius 3 is 2.56 bits per heavy atom. The number of rotatable bonds is 3. The van der Waals surface area contributed by atoms with Gasteiger partial charge in [0.1, 0.15) is 5.82 Å². The first kappa shape index (κ1) is 14.5. The van der Waals surface area contributed by atoms with E-state index in [0.29, 0.717) is 0 Å². The van der Waals surface area contributed by atoms with Crippen LogP contribution in [0.25, 0.3) is 0 Å². The molecule has 1 atom stereocenters. The van der Waals surface area contributed by atoms with Crippen molar-refractivity contribution >= 4 is 54.8 Å². The Bertz CT molecular complexity index is 554. The lowest BCUT2D eigenvalue weighted by molar-refractivity contribution is 0.624. The van der Waals surface area contributed by atoms with Crippen LogP contribution < -0.4 is 5.32 Å². The van der Waals surface area contributed by atoms with Crippen molar-refractivity contribution in [1.82, 2.24) is 5.32 Å². The summed E-state index contributed by atoms with van der Waals surface area (Å²) in [4.78, 5) is 1.12. The topological polar surface area (TPSA) is 12.0 Å². The van der Waals surface area contributed by atoms with E-state index in [1.165, 1.54) is 6.07 Å². The Morgan fingerprint density at radius 1 is 1.33 bits per heavy atom. The number of benzene rings is 1.